The minimum Gasteiger partial charge on any atom is -0.511 e. The van der Waals surface area contributed by atoms with E-state index in [1.54, 1.807) is 0 Å². The Bertz CT molecular complexity index is 640. The average Bonchev–Trinajstić information content (AvgIpc) is 2.44. The van der Waals surface area contributed by atoms with Crippen LogP contribution in [0.2, 0.25) is 0 Å². The fraction of sp³-hybridized carbons (Fsp3) is 0.619. The molecule has 0 aliphatic heterocycles. The van der Waals surface area contributed by atoms with Gasteiger partial charge in [0.1, 0.15) is 5.76 Å². The van der Waals surface area contributed by atoms with E-state index in [0.29, 0.717) is 12.8 Å². The maximum atomic E-state index is 13.2. The fourth-order valence-electron chi connectivity index (χ4n) is 4.30. The average molecular weight is 330 g/mol. The van der Waals surface area contributed by atoms with Crippen molar-refractivity contribution in [2.75, 3.05) is 0 Å². The van der Waals surface area contributed by atoms with Gasteiger partial charge < -0.3 is 5.11 Å². The molecule has 0 amide bonds. The van der Waals surface area contributed by atoms with Gasteiger partial charge in [-0.3, -0.25) is 9.59 Å². The first kappa shape index (κ1) is 18.7. The third kappa shape index (κ3) is 2.78. The van der Waals surface area contributed by atoms with E-state index in [-0.39, 0.29) is 23.2 Å². The number of hydrogen-bond acceptors (Lipinski definition) is 3. The van der Waals surface area contributed by atoms with Gasteiger partial charge in [-0.2, -0.15) is 0 Å². The lowest BCUT2D eigenvalue weighted by Gasteiger charge is -2.56. The van der Waals surface area contributed by atoms with Crippen LogP contribution in [0.3, 0.4) is 0 Å². The summed E-state index contributed by atoms with van der Waals surface area (Å²) in [5, 5.41) is 10.7. The smallest absolute Gasteiger partial charge is 0.169 e. The normalized spacial score (nSPS) is 31.3. The lowest BCUT2D eigenvalue weighted by atomic mass is 9.45. The molecule has 3 atom stereocenters. The van der Waals surface area contributed by atoms with Gasteiger partial charge in [0.2, 0.25) is 0 Å². The highest BCUT2D eigenvalue weighted by Crippen LogP contribution is 2.61. The van der Waals surface area contributed by atoms with E-state index >= 15 is 0 Å². The quantitative estimate of drug-likeness (QED) is 0.586. The van der Waals surface area contributed by atoms with Crippen molar-refractivity contribution in [3.05, 3.63) is 35.1 Å². The van der Waals surface area contributed by atoms with E-state index < -0.39 is 16.7 Å². The van der Waals surface area contributed by atoms with Crippen molar-refractivity contribution in [2.24, 2.45) is 22.7 Å². The molecule has 0 heterocycles. The number of rotatable bonds is 4. The monoisotopic (exact) mass is 330 g/mol. The van der Waals surface area contributed by atoms with E-state index in [4.69, 9.17) is 0 Å². The van der Waals surface area contributed by atoms with Crippen molar-refractivity contribution in [1.82, 2.24) is 0 Å². The van der Waals surface area contributed by atoms with Gasteiger partial charge in [0, 0.05) is 6.08 Å². The molecule has 0 spiro atoms. The highest BCUT2D eigenvalue weighted by Gasteiger charge is 2.64. The molecule has 2 aliphatic rings. The number of fused-ring (bicyclic) bond motifs is 2. The Kier molecular flexibility index (Phi) is 4.94. The molecular weight excluding hydrogens is 300 g/mol. The van der Waals surface area contributed by atoms with Crippen molar-refractivity contribution in [2.45, 2.75) is 60.8 Å². The Morgan fingerprint density at radius 2 is 1.75 bits per heavy atom. The Hall–Kier alpha value is -1.64. The van der Waals surface area contributed by atoms with Crippen LogP contribution in [0.15, 0.2) is 35.1 Å². The molecule has 0 aromatic rings. The number of ketones is 2. The van der Waals surface area contributed by atoms with Crippen molar-refractivity contribution in [1.29, 1.82) is 0 Å². The van der Waals surface area contributed by atoms with Crippen molar-refractivity contribution in [3.8, 4) is 0 Å². The molecule has 24 heavy (non-hydrogen) atoms. The number of carbonyl (C=O) groups excluding carboxylic acids is 2. The van der Waals surface area contributed by atoms with Gasteiger partial charge in [-0.15, -0.1) is 0 Å². The number of aliphatic hydroxyl groups is 1. The predicted molar refractivity (Wildman–Crippen MR) is 96.6 cm³/mol. The summed E-state index contributed by atoms with van der Waals surface area (Å²) in [6.45, 7) is 12.2. The zero-order valence-corrected chi connectivity index (χ0v) is 15.8. The van der Waals surface area contributed by atoms with Crippen LogP contribution in [0.5, 0.6) is 0 Å². The molecule has 1 saturated carbocycles. The van der Waals surface area contributed by atoms with E-state index in [1.807, 2.05) is 19.9 Å². The van der Waals surface area contributed by atoms with Gasteiger partial charge in [0.25, 0.3) is 0 Å². The van der Waals surface area contributed by atoms with Gasteiger partial charge in [-0.25, -0.2) is 0 Å². The third-order valence-corrected chi connectivity index (χ3v) is 6.06. The molecule has 0 aromatic carbocycles. The molecule has 2 rings (SSSR count). The summed E-state index contributed by atoms with van der Waals surface area (Å²) in [5.41, 5.74) is 0.944. The number of Topliss-reactive ketones (excluding diaryl/α,β-unsaturated/α-hetero) is 1. The molecule has 132 valence electrons. The molecular formula is C21H30O3. The highest BCUT2D eigenvalue weighted by atomic mass is 16.3. The minimum atomic E-state index is -0.985. The number of aliphatic hydroxyl groups excluding tert-OH is 1. The van der Waals surface area contributed by atoms with Crippen LogP contribution in [0, 0.1) is 22.7 Å². The topological polar surface area (TPSA) is 54.4 Å². The lowest BCUT2D eigenvalue weighted by molar-refractivity contribution is -0.157. The van der Waals surface area contributed by atoms with Crippen LogP contribution in [0.25, 0.3) is 0 Å². The summed E-state index contributed by atoms with van der Waals surface area (Å²) in [6.07, 6.45) is 7.37. The van der Waals surface area contributed by atoms with Gasteiger partial charge in [0.05, 0.1) is 11.3 Å². The lowest BCUT2D eigenvalue weighted by Crippen LogP contribution is -2.59. The minimum absolute atomic E-state index is 0.0434. The van der Waals surface area contributed by atoms with Gasteiger partial charge in [-0.05, 0) is 58.3 Å². The molecule has 0 saturated heterocycles. The van der Waals surface area contributed by atoms with E-state index in [2.05, 4.69) is 33.8 Å². The number of carbonyl (C=O) groups is 2. The van der Waals surface area contributed by atoms with Crippen LogP contribution >= 0.6 is 0 Å². The number of allylic oxidation sites excluding steroid dienone is 6. The fourth-order valence-corrected chi connectivity index (χ4v) is 4.30. The first-order chi connectivity index (χ1) is 11.0. The van der Waals surface area contributed by atoms with Crippen LogP contribution in [0.1, 0.15) is 60.8 Å². The highest BCUT2D eigenvalue weighted by molar-refractivity contribution is 6.14. The Balaban J connectivity index is 2.60. The predicted octanol–water partition coefficient (Wildman–Crippen LogP) is 4.94. The Labute approximate surface area is 145 Å². The van der Waals surface area contributed by atoms with E-state index in [1.165, 1.54) is 11.6 Å². The second-order valence-corrected chi connectivity index (χ2v) is 8.41. The van der Waals surface area contributed by atoms with Gasteiger partial charge in [-0.1, -0.05) is 37.1 Å². The summed E-state index contributed by atoms with van der Waals surface area (Å²) in [5.74, 6) is -0.792. The van der Waals surface area contributed by atoms with Gasteiger partial charge >= 0.3 is 0 Å². The molecule has 0 radical (unpaired) electrons. The van der Waals surface area contributed by atoms with Crippen LogP contribution < -0.4 is 0 Å². The Morgan fingerprint density at radius 3 is 2.29 bits per heavy atom. The van der Waals surface area contributed by atoms with E-state index in [0.717, 1.165) is 12.0 Å². The SMILES string of the molecule is CC(C)=CC[C@H]1C[C@@H]2C(=O)C=C(O)[C@@](CC=C(C)C)(C2=O)C1(C)C. The molecule has 2 bridgehead atoms. The van der Waals surface area contributed by atoms with Crippen molar-refractivity contribution < 1.29 is 14.7 Å². The molecule has 3 nitrogen and oxygen atoms in total. The molecule has 2 aliphatic carbocycles. The number of hydrogen-bond donors (Lipinski definition) is 1. The maximum Gasteiger partial charge on any atom is 0.169 e. The molecule has 1 N–H and O–H groups in total. The summed E-state index contributed by atoms with van der Waals surface area (Å²) in [4.78, 5) is 25.5. The van der Waals surface area contributed by atoms with Crippen molar-refractivity contribution in [3.63, 3.8) is 0 Å². The van der Waals surface area contributed by atoms with Crippen LogP contribution in [0.4, 0.5) is 0 Å². The molecule has 0 unspecified atom stereocenters. The second-order valence-electron chi connectivity index (χ2n) is 8.41. The standard InChI is InChI=1S/C21H30O3/c1-13(2)7-8-15-11-16-17(22)12-18(23)21(19(16)24,20(15,5)6)10-9-14(3)4/h7,9,12,15-16,23H,8,10-11H2,1-6H3/t15-,16+,21-/m0/s1. The van der Waals surface area contributed by atoms with Crippen LogP contribution in [-0.2, 0) is 9.59 Å². The molecule has 0 aromatic heterocycles. The zero-order valence-electron chi connectivity index (χ0n) is 15.8. The first-order valence-electron chi connectivity index (χ1n) is 8.80. The Morgan fingerprint density at radius 1 is 1.17 bits per heavy atom. The van der Waals surface area contributed by atoms with Crippen molar-refractivity contribution >= 4 is 11.6 Å². The zero-order chi connectivity index (χ0) is 18.3. The first-order valence-corrected chi connectivity index (χ1v) is 8.80. The summed E-state index contributed by atoms with van der Waals surface area (Å²) >= 11 is 0. The van der Waals surface area contributed by atoms with E-state index in [9.17, 15) is 14.7 Å². The summed E-state index contributed by atoms with van der Waals surface area (Å²) < 4.78 is 0. The maximum absolute atomic E-state index is 13.2. The van der Waals surface area contributed by atoms with Crippen LogP contribution in [-0.4, -0.2) is 16.7 Å². The molecule has 3 heteroatoms. The molecule has 1 fully saturated rings. The largest absolute Gasteiger partial charge is 0.511 e. The van der Waals surface area contributed by atoms with Gasteiger partial charge in [0.15, 0.2) is 11.6 Å². The summed E-state index contributed by atoms with van der Waals surface area (Å²) in [7, 11) is 0. The third-order valence-electron chi connectivity index (χ3n) is 6.06. The summed E-state index contributed by atoms with van der Waals surface area (Å²) in [6, 6.07) is 0. The second kappa shape index (κ2) is 6.34.